The van der Waals surface area contributed by atoms with Crippen molar-refractivity contribution in [1.29, 1.82) is 0 Å². The van der Waals surface area contributed by atoms with Gasteiger partial charge in [0.1, 0.15) is 17.5 Å². The van der Waals surface area contributed by atoms with Crippen LogP contribution in [0.5, 0.6) is 0 Å². The van der Waals surface area contributed by atoms with E-state index in [-0.39, 0.29) is 11.8 Å². The van der Waals surface area contributed by atoms with Crippen molar-refractivity contribution in [2.75, 3.05) is 6.54 Å². The van der Waals surface area contributed by atoms with Gasteiger partial charge in [-0.15, -0.1) is 10.2 Å². The first kappa shape index (κ1) is 18.3. The lowest BCUT2D eigenvalue weighted by atomic mass is 10.0. The van der Waals surface area contributed by atoms with Gasteiger partial charge in [0.2, 0.25) is 0 Å². The number of carbonyl (C=O) groups is 1. The summed E-state index contributed by atoms with van der Waals surface area (Å²) in [5, 5.41) is 11.1. The number of aromatic nitrogens is 3. The molecule has 0 aliphatic carbocycles. The molecule has 2 aromatic carbocycles. The highest BCUT2D eigenvalue weighted by molar-refractivity contribution is 5.95. The lowest BCUT2D eigenvalue weighted by Crippen LogP contribution is -2.30. The highest BCUT2D eigenvalue weighted by atomic mass is 19.1. The van der Waals surface area contributed by atoms with Crippen LogP contribution in [0.3, 0.4) is 0 Å². The van der Waals surface area contributed by atoms with E-state index in [1.807, 2.05) is 31.2 Å². The fraction of sp³-hybridized carbons (Fsp3) is 0.286. The summed E-state index contributed by atoms with van der Waals surface area (Å²) in [5.74, 6) is 1.38. The number of nitrogens with zero attached hydrogens (tertiary/aromatic N) is 3. The molecule has 1 unspecified atom stereocenters. The molecule has 3 aromatic rings. The average Bonchev–Trinajstić information content (AvgIpc) is 3.27. The van der Waals surface area contributed by atoms with Gasteiger partial charge in [0.05, 0.1) is 0 Å². The summed E-state index contributed by atoms with van der Waals surface area (Å²) in [6.45, 7) is 3.63. The van der Waals surface area contributed by atoms with Crippen LogP contribution in [-0.2, 0) is 19.5 Å². The molecule has 1 aliphatic rings. The Kier molecular flexibility index (Phi) is 4.92. The van der Waals surface area contributed by atoms with Crippen LogP contribution in [0.25, 0.3) is 11.1 Å². The van der Waals surface area contributed by atoms with E-state index in [2.05, 4.69) is 20.1 Å². The quantitative estimate of drug-likeness (QED) is 0.713. The van der Waals surface area contributed by atoms with E-state index in [0.29, 0.717) is 24.2 Å². The predicted molar refractivity (Wildman–Crippen MR) is 104 cm³/mol. The third-order valence-electron chi connectivity index (χ3n) is 5.13. The van der Waals surface area contributed by atoms with E-state index in [9.17, 15) is 9.18 Å². The largest absolute Gasteiger partial charge is 0.352 e. The molecule has 0 saturated carbocycles. The lowest BCUT2D eigenvalue weighted by Gasteiger charge is -2.12. The van der Waals surface area contributed by atoms with Gasteiger partial charge >= 0.3 is 0 Å². The molecule has 1 amide bonds. The van der Waals surface area contributed by atoms with Crippen molar-refractivity contribution < 1.29 is 9.18 Å². The number of nitrogens with one attached hydrogen (secondary N) is 1. The summed E-state index contributed by atoms with van der Waals surface area (Å²) in [7, 11) is 0. The average molecular weight is 379 g/mol. The second kappa shape index (κ2) is 7.52. The van der Waals surface area contributed by atoms with Crippen LogP contribution >= 0.6 is 0 Å². The Morgan fingerprint density at radius 2 is 2.11 bits per heavy atom. The molecule has 28 heavy (non-hydrogen) atoms. The number of rotatable bonds is 5. The molecule has 4 rings (SSSR count). The van der Waals surface area contributed by atoms with Crippen LogP contribution in [0.15, 0.2) is 42.5 Å². The van der Waals surface area contributed by atoms with Gasteiger partial charge in [0.15, 0.2) is 0 Å². The molecule has 0 spiro atoms. The van der Waals surface area contributed by atoms with Crippen molar-refractivity contribution in [2.45, 2.75) is 26.4 Å². The minimum atomic E-state index is -0.441. The van der Waals surface area contributed by atoms with Crippen LogP contribution in [0.2, 0.25) is 0 Å². The number of carbonyl (C=O) groups excluding carboxylic acids is 1. The summed E-state index contributed by atoms with van der Waals surface area (Å²) in [5.41, 5.74) is 8.44. The monoisotopic (exact) mass is 379 g/mol. The molecule has 1 atom stereocenters. The van der Waals surface area contributed by atoms with Crippen LogP contribution in [0.4, 0.5) is 4.39 Å². The minimum Gasteiger partial charge on any atom is -0.352 e. The van der Waals surface area contributed by atoms with E-state index in [1.165, 1.54) is 12.1 Å². The molecular weight excluding hydrogens is 357 g/mol. The van der Waals surface area contributed by atoms with Crippen LogP contribution < -0.4 is 11.1 Å². The maximum atomic E-state index is 14.2. The fourth-order valence-corrected chi connectivity index (χ4v) is 3.64. The molecule has 1 aromatic heterocycles. The van der Waals surface area contributed by atoms with Gasteiger partial charge in [-0.3, -0.25) is 4.79 Å². The molecule has 3 N–H and O–H groups in total. The molecule has 0 saturated heterocycles. The fourth-order valence-electron chi connectivity index (χ4n) is 3.64. The van der Waals surface area contributed by atoms with Crippen molar-refractivity contribution in [3.05, 3.63) is 71.1 Å². The first-order valence-electron chi connectivity index (χ1n) is 9.30. The summed E-state index contributed by atoms with van der Waals surface area (Å²) >= 11 is 0. The van der Waals surface area contributed by atoms with Crippen molar-refractivity contribution in [3.63, 3.8) is 0 Å². The summed E-state index contributed by atoms with van der Waals surface area (Å²) < 4.78 is 16.2. The number of benzene rings is 2. The zero-order chi connectivity index (χ0) is 19.7. The molecule has 0 fully saturated rings. The predicted octanol–water partition coefficient (Wildman–Crippen LogP) is 2.45. The Bertz CT molecular complexity index is 1030. The van der Waals surface area contributed by atoms with E-state index >= 15 is 0 Å². The molecule has 0 radical (unpaired) electrons. The first-order chi connectivity index (χ1) is 13.5. The third-order valence-corrected chi connectivity index (χ3v) is 5.13. The van der Waals surface area contributed by atoms with E-state index in [4.69, 9.17) is 5.73 Å². The Morgan fingerprint density at radius 1 is 1.25 bits per heavy atom. The number of hydrogen-bond acceptors (Lipinski definition) is 4. The number of fused-ring (bicyclic) bond motifs is 1. The number of nitrogens with two attached hydrogens (primary N) is 1. The third kappa shape index (κ3) is 3.66. The standard InChI is InChI=1S/C21H22FN5O/c1-13-25-26-20-6-15(12-27(13)20)11-24-21(28)18-7-17(8-19(22)9-18)16-4-2-3-14(5-16)10-23/h2-5,7-9,15H,6,10-12,23H2,1H3,(H,24,28). The zero-order valence-corrected chi connectivity index (χ0v) is 15.7. The summed E-state index contributed by atoms with van der Waals surface area (Å²) in [6, 6.07) is 12.0. The molecule has 144 valence electrons. The van der Waals surface area contributed by atoms with Gasteiger partial charge < -0.3 is 15.6 Å². The Balaban J connectivity index is 1.46. The molecule has 6 nitrogen and oxygen atoms in total. The number of halogens is 1. The van der Waals surface area contributed by atoms with Crippen molar-refractivity contribution in [2.24, 2.45) is 11.7 Å². The lowest BCUT2D eigenvalue weighted by molar-refractivity contribution is 0.0946. The highest BCUT2D eigenvalue weighted by Crippen LogP contribution is 2.24. The van der Waals surface area contributed by atoms with Crippen LogP contribution in [0, 0.1) is 18.7 Å². The Labute approximate surface area is 162 Å². The van der Waals surface area contributed by atoms with E-state index in [0.717, 1.165) is 35.7 Å². The molecule has 7 heteroatoms. The Hall–Kier alpha value is -3.06. The van der Waals surface area contributed by atoms with Crippen molar-refractivity contribution in [3.8, 4) is 11.1 Å². The van der Waals surface area contributed by atoms with Gasteiger partial charge in [-0.05, 0) is 47.9 Å². The molecule has 2 heterocycles. The molecule has 0 bridgehead atoms. The van der Waals surface area contributed by atoms with Crippen molar-refractivity contribution >= 4 is 5.91 Å². The summed E-state index contributed by atoms with van der Waals surface area (Å²) in [4.78, 5) is 12.6. The zero-order valence-electron chi connectivity index (χ0n) is 15.7. The smallest absolute Gasteiger partial charge is 0.251 e. The Morgan fingerprint density at radius 3 is 2.89 bits per heavy atom. The first-order valence-corrected chi connectivity index (χ1v) is 9.30. The maximum absolute atomic E-state index is 14.2. The van der Waals surface area contributed by atoms with Crippen LogP contribution in [-0.4, -0.2) is 27.2 Å². The second-order valence-corrected chi connectivity index (χ2v) is 7.19. The number of amides is 1. The van der Waals surface area contributed by atoms with Gasteiger partial charge in [-0.25, -0.2) is 4.39 Å². The number of hydrogen-bond donors (Lipinski definition) is 2. The minimum absolute atomic E-state index is 0.266. The maximum Gasteiger partial charge on any atom is 0.251 e. The SMILES string of the molecule is Cc1nnc2n1CC(CNC(=O)c1cc(F)cc(-c3cccc(CN)c3)c1)C2. The highest BCUT2D eigenvalue weighted by Gasteiger charge is 2.25. The van der Waals surface area contributed by atoms with Gasteiger partial charge in [-0.2, -0.15) is 0 Å². The van der Waals surface area contributed by atoms with Crippen molar-refractivity contribution in [1.82, 2.24) is 20.1 Å². The molecule has 1 aliphatic heterocycles. The van der Waals surface area contributed by atoms with Gasteiger partial charge in [0.25, 0.3) is 5.91 Å². The number of aryl methyl sites for hydroxylation is 1. The van der Waals surface area contributed by atoms with E-state index < -0.39 is 5.82 Å². The van der Waals surface area contributed by atoms with Gasteiger partial charge in [0, 0.05) is 37.5 Å². The van der Waals surface area contributed by atoms with E-state index in [1.54, 1.807) is 6.07 Å². The summed E-state index contributed by atoms with van der Waals surface area (Å²) in [6.07, 6.45) is 0.779. The normalized spacial score (nSPS) is 15.5. The second-order valence-electron chi connectivity index (χ2n) is 7.19. The van der Waals surface area contributed by atoms with Crippen LogP contribution in [0.1, 0.15) is 27.6 Å². The van der Waals surface area contributed by atoms with Gasteiger partial charge in [-0.1, -0.05) is 18.2 Å². The topological polar surface area (TPSA) is 85.8 Å². The molecular formula is C21H22FN5O.